The van der Waals surface area contributed by atoms with Crippen molar-refractivity contribution in [1.29, 1.82) is 5.26 Å². The van der Waals surface area contributed by atoms with Crippen molar-refractivity contribution in [1.82, 2.24) is 14.6 Å². The van der Waals surface area contributed by atoms with Crippen molar-refractivity contribution in [2.45, 2.75) is 37.8 Å². The molecule has 110 valence electrons. The molecule has 3 rings (SSSR count). The molecular weight excluding hydrogens is 283 g/mol. The average Bonchev–Trinajstić information content (AvgIpc) is 3.12. The van der Waals surface area contributed by atoms with Crippen molar-refractivity contribution >= 4 is 11.5 Å². The number of anilines is 1. The summed E-state index contributed by atoms with van der Waals surface area (Å²) in [6, 6.07) is 1.71. The molecular formula is C13H12F3N5. The number of nitrogen functional groups attached to an aromatic ring is 1. The molecule has 8 heteroatoms. The Morgan fingerprint density at radius 3 is 2.62 bits per heavy atom. The zero-order chi connectivity index (χ0) is 15.4. The van der Waals surface area contributed by atoms with Crippen LogP contribution in [0.3, 0.4) is 0 Å². The van der Waals surface area contributed by atoms with Gasteiger partial charge in [0.1, 0.15) is 11.6 Å². The molecule has 1 aliphatic rings. The van der Waals surface area contributed by atoms with E-state index < -0.39 is 17.2 Å². The first-order chi connectivity index (χ1) is 9.84. The summed E-state index contributed by atoms with van der Waals surface area (Å²) in [6.07, 6.45) is -1.48. The standard InChI is InChI=1S/C13H12F3N5/c1-2-12(3-4-12)10-7(5-17)9(13(14,15)16)8-6-19-11(18)20-21(8)10/h6H,2-4H2,1H3,(H2,18,20). The van der Waals surface area contributed by atoms with E-state index in [1.54, 1.807) is 6.07 Å². The fourth-order valence-electron chi connectivity index (χ4n) is 2.85. The van der Waals surface area contributed by atoms with Gasteiger partial charge in [0.25, 0.3) is 0 Å². The van der Waals surface area contributed by atoms with Gasteiger partial charge >= 0.3 is 6.18 Å². The monoisotopic (exact) mass is 295 g/mol. The van der Waals surface area contributed by atoms with Crippen LogP contribution in [0.15, 0.2) is 6.20 Å². The van der Waals surface area contributed by atoms with E-state index in [-0.39, 0.29) is 17.0 Å². The van der Waals surface area contributed by atoms with Gasteiger partial charge in [-0.15, -0.1) is 5.10 Å². The van der Waals surface area contributed by atoms with Gasteiger partial charge in [-0.1, -0.05) is 6.92 Å². The molecule has 0 radical (unpaired) electrons. The Bertz CT molecular complexity index is 765. The smallest absolute Gasteiger partial charge is 0.367 e. The summed E-state index contributed by atoms with van der Waals surface area (Å²) in [5.74, 6) is -0.121. The van der Waals surface area contributed by atoms with Crippen LogP contribution in [0.4, 0.5) is 19.1 Å². The van der Waals surface area contributed by atoms with Crippen molar-refractivity contribution in [2.24, 2.45) is 0 Å². The topological polar surface area (TPSA) is 80.0 Å². The van der Waals surface area contributed by atoms with Crippen LogP contribution in [-0.2, 0) is 11.6 Å². The minimum absolute atomic E-state index is 0.121. The number of fused-ring (bicyclic) bond motifs is 1. The lowest BCUT2D eigenvalue weighted by molar-refractivity contribution is -0.136. The maximum absolute atomic E-state index is 13.3. The highest BCUT2D eigenvalue weighted by molar-refractivity contribution is 5.67. The van der Waals surface area contributed by atoms with Crippen LogP contribution in [0.25, 0.3) is 5.52 Å². The second kappa shape index (κ2) is 4.10. The fraction of sp³-hybridized carbons (Fsp3) is 0.462. The van der Waals surface area contributed by atoms with Crippen LogP contribution in [0.2, 0.25) is 0 Å². The molecule has 5 nitrogen and oxygen atoms in total. The summed E-state index contributed by atoms with van der Waals surface area (Å²) in [7, 11) is 0. The Morgan fingerprint density at radius 2 is 2.14 bits per heavy atom. The molecule has 0 bridgehead atoms. The second-order valence-electron chi connectivity index (χ2n) is 5.26. The molecule has 0 unspecified atom stereocenters. The lowest BCUT2D eigenvalue weighted by Crippen LogP contribution is -2.13. The largest absolute Gasteiger partial charge is 0.419 e. The lowest BCUT2D eigenvalue weighted by Gasteiger charge is -2.13. The zero-order valence-corrected chi connectivity index (χ0v) is 11.2. The maximum Gasteiger partial charge on any atom is 0.419 e. The normalized spacial score (nSPS) is 16.9. The van der Waals surface area contributed by atoms with E-state index in [4.69, 9.17) is 5.73 Å². The van der Waals surface area contributed by atoms with Gasteiger partial charge in [0, 0.05) is 5.41 Å². The highest BCUT2D eigenvalue weighted by Crippen LogP contribution is 2.54. The Balaban J connectivity index is 2.46. The number of aromatic nitrogens is 3. The molecule has 0 spiro atoms. The summed E-state index contributed by atoms with van der Waals surface area (Å²) < 4.78 is 41.2. The third-order valence-electron chi connectivity index (χ3n) is 4.13. The van der Waals surface area contributed by atoms with E-state index >= 15 is 0 Å². The quantitative estimate of drug-likeness (QED) is 0.923. The molecule has 2 heterocycles. The first-order valence-electron chi connectivity index (χ1n) is 6.49. The predicted octanol–water partition coefficient (Wildman–Crippen LogP) is 2.64. The van der Waals surface area contributed by atoms with Crippen LogP contribution < -0.4 is 5.73 Å². The summed E-state index contributed by atoms with van der Waals surface area (Å²) >= 11 is 0. The summed E-state index contributed by atoms with van der Waals surface area (Å²) in [5, 5.41) is 13.2. The number of hydrogen-bond acceptors (Lipinski definition) is 4. The molecule has 21 heavy (non-hydrogen) atoms. The van der Waals surface area contributed by atoms with E-state index in [9.17, 15) is 18.4 Å². The van der Waals surface area contributed by atoms with Crippen LogP contribution in [0.5, 0.6) is 0 Å². The van der Waals surface area contributed by atoms with Gasteiger partial charge in [-0.05, 0) is 19.3 Å². The number of nitrogens with zero attached hydrogens (tertiary/aromatic N) is 4. The molecule has 0 atom stereocenters. The lowest BCUT2D eigenvalue weighted by atomic mass is 9.94. The Morgan fingerprint density at radius 1 is 1.48 bits per heavy atom. The molecule has 2 aromatic rings. The molecule has 1 fully saturated rings. The van der Waals surface area contributed by atoms with Gasteiger partial charge in [0.2, 0.25) is 5.95 Å². The third-order valence-corrected chi connectivity index (χ3v) is 4.13. The minimum atomic E-state index is -4.64. The molecule has 1 saturated carbocycles. The zero-order valence-electron chi connectivity index (χ0n) is 11.2. The predicted molar refractivity (Wildman–Crippen MR) is 68.3 cm³/mol. The van der Waals surface area contributed by atoms with Gasteiger partial charge in [-0.3, -0.25) is 0 Å². The summed E-state index contributed by atoms with van der Waals surface area (Å²) in [5.41, 5.74) is 3.84. The van der Waals surface area contributed by atoms with Gasteiger partial charge in [-0.25, -0.2) is 9.50 Å². The van der Waals surface area contributed by atoms with E-state index in [2.05, 4.69) is 10.1 Å². The fourth-order valence-corrected chi connectivity index (χ4v) is 2.85. The van der Waals surface area contributed by atoms with Crippen molar-refractivity contribution < 1.29 is 13.2 Å². The van der Waals surface area contributed by atoms with E-state index in [0.717, 1.165) is 23.6 Å². The number of nitriles is 1. The van der Waals surface area contributed by atoms with Crippen molar-refractivity contribution in [3.05, 3.63) is 23.0 Å². The van der Waals surface area contributed by atoms with E-state index in [1.165, 1.54) is 0 Å². The minimum Gasteiger partial charge on any atom is -0.367 e. The Kier molecular flexibility index (Phi) is 2.67. The van der Waals surface area contributed by atoms with E-state index in [1.807, 2.05) is 6.92 Å². The van der Waals surface area contributed by atoms with Crippen LogP contribution in [-0.4, -0.2) is 14.6 Å². The second-order valence-corrected chi connectivity index (χ2v) is 5.26. The summed E-state index contributed by atoms with van der Waals surface area (Å²) in [6.45, 7) is 1.89. The third kappa shape index (κ3) is 1.84. The van der Waals surface area contributed by atoms with Gasteiger partial charge in [0.05, 0.1) is 23.0 Å². The molecule has 1 aliphatic carbocycles. The first kappa shape index (κ1) is 13.7. The Hall–Kier alpha value is -2.30. The van der Waals surface area contributed by atoms with Gasteiger partial charge in [-0.2, -0.15) is 18.4 Å². The number of halogens is 3. The van der Waals surface area contributed by atoms with Gasteiger partial charge in [0.15, 0.2) is 0 Å². The SMILES string of the molecule is CCC1(c2c(C#N)c(C(F)(F)F)c3cnc(N)nn23)CC1. The van der Waals surface area contributed by atoms with Crippen molar-refractivity contribution in [3.8, 4) is 6.07 Å². The van der Waals surface area contributed by atoms with Crippen LogP contribution in [0.1, 0.15) is 43.0 Å². The number of rotatable bonds is 2. The molecule has 2 aromatic heterocycles. The van der Waals surface area contributed by atoms with Crippen molar-refractivity contribution in [2.75, 3.05) is 5.73 Å². The molecule has 0 saturated heterocycles. The highest BCUT2D eigenvalue weighted by Gasteiger charge is 2.50. The molecule has 0 amide bonds. The number of hydrogen-bond donors (Lipinski definition) is 1. The average molecular weight is 295 g/mol. The Labute approximate surface area is 118 Å². The van der Waals surface area contributed by atoms with E-state index in [0.29, 0.717) is 12.1 Å². The van der Waals surface area contributed by atoms with Gasteiger partial charge < -0.3 is 5.73 Å². The molecule has 0 aromatic carbocycles. The maximum atomic E-state index is 13.3. The number of alkyl halides is 3. The first-order valence-corrected chi connectivity index (χ1v) is 6.49. The molecule has 2 N–H and O–H groups in total. The molecule has 0 aliphatic heterocycles. The van der Waals surface area contributed by atoms with Crippen LogP contribution >= 0.6 is 0 Å². The summed E-state index contributed by atoms with van der Waals surface area (Å²) in [4.78, 5) is 3.63. The van der Waals surface area contributed by atoms with Crippen molar-refractivity contribution in [3.63, 3.8) is 0 Å². The number of nitrogens with two attached hydrogens (primary N) is 1. The highest BCUT2D eigenvalue weighted by atomic mass is 19.4. The van der Waals surface area contributed by atoms with Crippen LogP contribution in [0, 0.1) is 11.3 Å².